The van der Waals surface area contributed by atoms with Gasteiger partial charge in [0, 0.05) is 12.4 Å². The van der Waals surface area contributed by atoms with E-state index in [9.17, 15) is 5.11 Å². The van der Waals surface area contributed by atoms with Gasteiger partial charge in [-0.1, -0.05) is 0 Å². The number of likely N-dealkylation sites (tertiary alicyclic amines) is 1. The van der Waals surface area contributed by atoms with E-state index in [1.54, 1.807) is 12.4 Å². The van der Waals surface area contributed by atoms with Gasteiger partial charge in [0.25, 0.3) is 0 Å². The highest BCUT2D eigenvalue weighted by molar-refractivity contribution is 5.15. The molecule has 1 aliphatic rings. The number of pyridine rings is 1. The maximum absolute atomic E-state index is 9.38. The second-order valence-electron chi connectivity index (χ2n) is 3.72. The molecular weight excluding hydrogens is 176 g/mol. The number of rotatable bonds is 3. The average Bonchev–Trinajstić information content (AvgIpc) is 2.74. The number of aromatic nitrogens is 1. The van der Waals surface area contributed by atoms with E-state index in [-0.39, 0.29) is 12.6 Å². The van der Waals surface area contributed by atoms with Gasteiger partial charge in [-0.05, 0) is 43.6 Å². The van der Waals surface area contributed by atoms with E-state index in [4.69, 9.17) is 0 Å². The highest BCUT2D eigenvalue weighted by Crippen LogP contribution is 2.23. The molecule has 76 valence electrons. The zero-order valence-corrected chi connectivity index (χ0v) is 8.26. The lowest BCUT2D eigenvalue weighted by Crippen LogP contribution is -2.28. The standard InChI is InChI=1S/C11H16N2O/c14-9-11(13-7-1-2-8-13)10-3-5-12-6-4-10/h3-6,11,14H,1-2,7-9H2. The van der Waals surface area contributed by atoms with Gasteiger partial charge in [0.2, 0.25) is 0 Å². The summed E-state index contributed by atoms with van der Waals surface area (Å²) in [4.78, 5) is 6.33. The van der Waals surface area contributed by atoms with Crippen molar-refractivity contribution in [3.63, 3.8) is 0 Å². The molecule has 1 unspecified atom stereocenters. The van der Waals surface area contributed by atoms with Gasteiger partial charge in [-0.25, -0.2) is 0 Å². The van der Waals surface area contributed by atoms with Gasteiger partial charge < -0.3 is 5.11 Å². The van der Waals surface area contributed by atoms with Crippen LogP contribution in [0.2, 0.25) is 0 Å². The summed E-state index contributed by atoms with van der Waals surface area (Å²) < 4.78 is 0. The summed E-state index contributed by atoms with van der Waals surface area (Å²) in [7, 11) is 0. The second kappa shape index (κ2) is 4.53. The molecule has 2 heterocycles. The van der Waals surface area contributed by atoms with Crippen LogP contribution in [0.15, 0.2) is 24.5 Å². The Kier molecular flexibility index (Phi) is 3.11. The van der Waals surface area contributed by atoms with Crippen molar-refractivity contribution in [3.8, 4) is 0 Å². The number of hydrogen-bond acceptors (Lipinski definition) is 3. The third-order valence-corrected chi connectivity index (χ3v) is 2.85. The summed E-state index contributed by atoms with van der Waals surface area (Å²) in [6.07, 6.45) is 6.07. The zero-order chi connectivity index (χ0) is 9.80. The summed E-state index contributed by atoms with van der Waals surface area (Å²) in [6.45, 7) is 2.41. The maximum Gasteiger partial charge on any atom is 0.0628 e. The molecule has 1 atom stereocenters. The first-order chi connectivity index (χ1) is 6.92. The van der Waals surface area contributed by atoms with E-state index in [2.05, 4.69) is 9.88 Å². The van der Waals surface area contributed by atoms with Crippen LogP contribution in [0, 0.1) is 0 Å². The lowest BCUT2D eigenvalue weighted by molar-refractivity contribution is 0.147. The Labute approximate surface area is 84.4 Å². The largest absolute Gasteiger partial charge is 0.394 e. The van der Waals surface area contributed by atoms with Gasteiger partial charge in [0.15, 0.2) is 0 Å². The lowest BCUT2D eigenvalue weighted by Gasteiger charge is -2.25. The first-order valence-electron chi connectivity index (χ1n) is 5.16. The second-order valence-corrected chi connectivity index (χ2v) is 3.72. The smallest absolute Gasteiger partial charge is 0.0628 e. The molecule has 1 aromatic heterocycles. The van der Waals surface area contributed by atoms with E-state index in [0.29, 0.717) is 0 Å². The van der Waals surface area contributed by atoms with Crippen molar-refractivity contribution in [2.45, 2.75) is 18.9 Å². The first-order valence-corrected chi connectivity index (χ1v) is 5.16. The van der Waals surface area contributed by atoms with Crippen molar-refractivity contribution in [1.82, 2.24) is 9.88 Å². The Bertz CT molecular complexity index is 270. The van der Waals surface area contributed by atoms with Crippen LogP contribution >= 0.6 is 0 Å². The Morgan fingerprint density at radius 3 is 2.50 bits per heavy atom. The predicted octanol–water partition coefficient (Wildman–Crippen LogP) is 1.21. The fourth-order valence-corrected chi connectivity index (χ4v) is 2.07. The molecule has 0 saturated carbocycles. The molecule has 1 aliphatic heterocycles. The SMILES string of the molecule is OCC(c1ccncc1)N1CCCC1. The molecular formula is C11H16N2O. The van der Waals surface area contributed by atoms with Gasteiger partial charge >= 0.3 is 0 Å². The van der Waals surface area contributed by atoms with Crippen LogP contribution in [0.25, 0.3) is 0 Å². The quantitative estimate of drug-likeness (QED) is 0.782. The van der Waals surface area contributed by atoms with Crippen molar-refractivity contribution >= 4 is 0 Å². The molecule has 1 fully saturated rings. The number of hydrogen-bond donors (Lipinski definition) is 1. The van der Waals surface area contributed by atoms with E-state index >= 15 is 0 Å². The highest BCUT2D eigenvalue weighted by Gasteiger charge is 2.22. The summed E-state index contributed by atoms with van der Waals surface area (Å²) in [6, 6.07) is 4.14. The number of aliphatic hydroxyl groups excluding tert-OH is 1. The Morgan fingerprint density at radius 1 is 1.29 bits per heavy atom. The van der Waals surface area contributed by atoms with Crippen molar-refractivity contribution < 1.29 is 5.11 Å². The Morgan fingerprint density at radius 2 is 1.93 bits per heavy atom. The van der Waals surface area contributed by atoms with Gasteiger partial charge in [-0.15, -0.1) is 0 Å². The molecule has 0 aromatic carbocycles. The van der Waals surface area contributed by atoms with Gasteiger partial charge in [0.1, 0.15) is 0 Å². The predicted molar refractivity (Wildman–Crippen MR) is 54.9 cm³/mol. The average molecular weight is 192 g/mol. The van der Waals surface area contributed by atoms with E-state index in [1.807, 2.05) is 12.1 Å². The number of nitrogens with zero attached hydrogens (tertiary/aromatic N) is 2. The van der Waals surface area contributed by atoms with Gasteiger partial charge in [-0.3, -0.25) is 9.88 Å². The molecule has 0 bridgehead atoms. The van der Waals surface area contributed by atoms with Crippen LogP contribution in [0.1, 0.15) is 24.4 Å². The fourth-order valence-electron chi connectivity index (χ4n) is 2.07. The molecule has 1 saturated heterocycles. The first kappa shape index (κ1) is 9.62. The molecule has 0 amide bonds. The number of aliphatic hydroxyl groups is 1. The third-order valence-electron chi connectivity index (χ3n) is 2.85. The molecule has 1 aromatic rings. The summed E-state index contributed by atoms with van der Waals surface area (Å²) in [5, 5.41) is 9.38. The molecule has 3 nitrogen and oxygen atoms in total. The van der Waals surface area contributed by atoms with E-state index in [1.165, 1.54) is 18.4 Å². The van der Waals surface area contributed by atoms with E-state index in [0.717, 1.165) is 13.1 Å². The lowest BCUT2D eigenvalue weighted by atomic mass is 10.1. The molecule has 14 heavy (non-hydrogen) atoms. The molecule has 1 N–H and O–H groups in total. The van der Waals surface area contributed by atoms with Gasteiger partial charge in [-0.2, -0.15) is 0 Å². The van der Waals surface area contributed by atoms with Crippen molar-refractivity contribution in [2.75, 3.05) is 19.7 Å². The maximum atomic E-state index is 9.38. The molecule has 0 spiro atoms. The fraction of sp³-hybridized carbons (Fsp3) is 0.545. The summed E-state index contributed by atoms with van der Waals surface area (Å²) >= 11 is 0. The van der Waals surface area contributed by atoms with Crippen LogP contribution < -0.4 is 0 Å². The minimum atomic E-state index is 0.167. The van der Waals surface area contributed by atoms with Crippen LogP contribution in [-0.4, -0.2) is 34.7 Å². The van der Waals surface area contributed by atoms with Crippen molar-refractivity contribution in [1.29, 1.82) is 0 Å². The topological polar surface area (TPSA) is 36.4 Å². The monoisotopic (exact) mass is 192 g/mol. The van der Waals surface area contributed by atoms with Crippen LogP contribution in [-0.2, 0) is 0 Å². The summed E-state index contributed by atoms with van der Waals surface area (Å²) in [5.41, 5.74) is 1.17. The molecule has 3 heteroatoms. The molecule has 2 rings (SSSR count). The van der Waals surface area contributed by atoms with Gasteiger partial charge in [0.05, 0.1) is 12.6 Å². The van der Waals surface area contributed by atoms with Crippen molar-refractivity contribution in [2.24, 2.45) is 0 Å². The molecule has 0 aliphatic carbocycles. The van der Waals surface area contributed by atoms with Crippen LogP contribution in [0.5, 0.6) is 0 Å². The van der Waals surface area contributed by atoms with Crippen LogP contribution in [0.3, 0.4) is 0 Å². The minimum Gasteiger partial charge on any atom is -0.394 e. The highest BCUT2D eigenvalue weighted by atomic mass is 16.3. The Hall–Kier alpha value is -0.930. The zero-order valence-electron chi connectivity index (χ0n) is 8.26. The normalized spacial score (nSPS) is 19.8. The Balaban J connectivity index is 2.12. The summed E-state index contributed by atoms with van der Waals surface area (Å²) in [5.74, 6) is 0. The van der Waals surface area contributed by atoms with E-state index < -0.39 is 0 Å². The van der Waals surface area contributed by atoms with Crippen LogP contribution in [0.4, 0.5) is 0 Å². The molecule has 0 radical (unpaired) electrons. The third kappa shape index (κ3) is 1.94. The van der Waals surface area contributed by atoms with Crippen molar-refractivity contribution in [3.05, 3.63) is 30.1 Å². The minimum absolute atomic E-state index is 0.167.